The minimum absolute atomic E-state index is 0.189. The third-order valence-electron chi connectivity index (χ3n) is 3.62. The van der Waals surface area contributed by atoms with Gasteiger partial charge in [0, 0.05) is 10.8 Å². The number of esters is 2. The van der Waals surface area contributed by atoms with Crippen LogP contribution in [0, 0.1) is 0 Å². The summed E-state index contributed by atoms with van der Waals surface area (Å²) in [5, 5.41) is 4.57. The highest BCUT2D eigenvalue weighted by Crippen LogP contribution is 2.29. The van der Waals surface area contributed by atoms with Gasteiger partial charge in [-0.3, -0.25) is 0 Å². The fourth-order valence-electron chi connectivity index (χ4n) is 2.32. The summed E-state index contributed by atoms with van der Waals surface area (Å²) >= 11 is 2.64. The van der Waals surface area contributed by atoms with Crippen molar-refractivity contribution in [1.82, 2.24) is 9.97 Å². The summed E-state index contributed by atoms with van der Waals surface area (Å²) in [6.45, 7) is 4.47. The highest BCUT2D eigenvalue weighted by Gasteiger charge is 2.14. The number of hydrogen-bond acceptors (Lipinski definition) is 10. The predicted molar refractivity (Wildman–Crippen MR) is 111 cm³/mol. The Bertz CT molecular complexity index is 921. The SMILES string of the molecule is CCOC(=O)c1csc(COc2ccccc2OCc2nc(C(=O)OCC)cs2)n1. The Morgan fingerprint density at radius 3 is 1.63 bits per heavy atom. The number of carbonyl (C=O) groups is 2. The second-order valence-electron chi connectivity index (χ2n) is 5.72. The highest BCUT2D eigenvalue weighted by molar-refractivity contribution is 7.10. The quantitative estimate of drug-likeness (QED) is 0.428. The van der Waals surface area contributed by atoms with Crippen molar-refractivity contribution in [3.63, 3.8) is 0 Å². The number of para-hydroxylation sites is 2. The third-order valence-corrected chi connectivity index (χ3v) is 5.27. The highest BCUT2D eigenvalue weighted by atomic mass is 32.1. The van der Waals surface area contributed by atoms with Gasteiger partial charge < -0.3 is 18.9 Å². The van der Waals surface area contributed by atoms with E-state index in [1.807, 2.05) is 12.1 Å². The van der Waals surface area contributed by atoms with E-state index in [1.54, 1.807) is 36.7 Å². The summed E-state index contributed by atoms with van der Waals surface area (Å²) in [6.07, 6.45) is 0. The maximum Gasteiger partial charge on any atom is 0.357 e. The Morgan fingerprint density at radius 2 is 1.23 bits per heavy atom. The molecule has 0 amide bonds. The van der Waals surface area contributed by atoms with Gasteiger partial charge in [0.25, 0.3) is 0 Å². The van der Waals surface area contributed by atoms with Crippen molar-refractivity contribution in [1.29, 1.82) is 0 Å². The molecule has 0 saturated heterocycles. The van der Waals surface area contributed by atoms with Crippen molar-refractivity contribution in [3.8, 4) is 11.5 Å². The van der Waals surface area contributed by atoms with Gasteiger partial charge >= 0.3 is 11.9 Å². The Balaban J connectivity index is 1.58. The second kappa shape index (κ2) is 10.7. The van der Waals surface area contributed by atoms with Crippen LogP contribution in [0.25, 0.3) is 0 Å². The lowest BCUT2D eigenvalue weighted by Gasteiger charge is -2.11. The molecule has 2 heterocycles. The number of ether oxygens (including phenoxy) is 4. The summed E-state index contributed by atoms with van der Waals surface area (Å²) in [7, 11) is 0. The number of nitrogens with zero attached hydrogens (tertiary/aromatic N) is 2. The van der Waals surface area contributed by atoms with E-state index >= 15 is 0 Å². The standard InChI is InChI=1S/C20H20N2O6S2/c1-3-25-19(23)13-11-29-17(21-13)9-27-15-7-5-6-8-16(15)28-10-18-22-14(12-30-18)20(24)26-4-2/h5-8,11-12H,3-4,9-10H2,1-2H3. The average molecular weight is 449 g/mol. The topological polar surface area (TPSA) is 96.8 Å². The molecular formula is C20H20N2O6S2. The molecule has 10 heteroatoms. The second-order valence-corrected chi connectivity index (χ2v) is 7.60. The van der Waals surface area contributed by atoms with E-state index < -0.39 is 11.9 Å². The average Bonchev–Trinajstić information content (AvgIpc) is 3.41. The molecule has 0 saturated carbocycles. The van der Waals surface area contributed by atoms with Gasteiger partial charge in [-0.05, 0) is 26.0 Å². The van der Waals surface area contributed by atoms with E-state index in [-0.39, 0.29) is 24.6 Å². The lowest BCUT2D eigenvalue weighted by molar-refractivity contribution is 0.0510. The Labute approximate surface area is 181 Å². The molecule has 0 aliphatic carbocycles. The van der Waals surface area contributed by atoms with Crippen LogP contribution in [0.4, 0.5) is 0 Å². The Morgan fingerprint density at radius 1 is 0.800 bits per heavy atom. The Kier molecular flexibility index (Phi) is 7.75. The van der Waals surface area contributed by atoms with Crippen molar-refractivity contribution in [2.45, 2.75) is 27.1 Å². The Hall–Kier alpha value is -2.98. The minimum Gasteiger partial charge on any atom is -0.483 e. The largest absolute Gasteiger partial charge is 0.483 e. The molecule has 0 aliphatic heterocycles. The van der Waals surface area contributed by atoms with Crippen LogP contribution in [-0.4, -0.2) is 35.1 Å². The molecule has 3 rings (SSSR count). The van der Waals surface area contributed by atoms with Crippen LogP contribution in [-0.2, 0) is 22.7 Å². The molecule has 30 heavy (non-hydrogen) atoms. The number of thiazole rings is 2. The molecule has 2 aromatic heterocycles. The van der Waals surface area contributed by atoms with Crippen LogP contribution in [0.2, 0.25) is 0 Å². The first-order chi connectivity index (χ1) is 14.6. The van der Waals surface area contributed by atoms with Crippen LogP contribution < -0.4 is 9.47 Å². The zero-order chi connectivity index (χ0) is 21.3. The maximum atomic E-state index is 11.7. The predicted octanol–water partition coefficient (Wildman–Crippen LogP) is 4.11. The van der Waals surface area contributed by atoms with Crippen molar-refractivity contribution in [3.05, 3.63) is 56.4 Å². The summed E-state index contributed by atoms with van der Waals surface area (Å²) in [5.41, 5.74) is 0.539. The van der Waals surface area contributed by atoms with E-state index in [1.165, 1.54) is 22.7 Å². The van der Waals surface area contributed by atoms with Gasteiger partial charge in [-0.15, -0.1) is 22.7 Å². The molecule has 1 aromatic carbocycles. The van der Waals surface area contributed by atoms with Crippen LogP contribution in [0.15, 0.2) is 35.0 Å². The lowest BCUT2D eigenvalue weighted by Crippen LogP contribution is -2.06. The van der Waals surface area contributed by atoms with Crippen molar-refractivity contribution in [2.75, 3.05) is 13.2 Å². The third kappa shape index (κ3) is 5.77. The fraction of sp³-hybridized carbons (Fsp3) is 0.300. The first kappa shape index (κ1) is 21.7. The van der Waals surface area contributed by atoms with Gasteiger partial charge in [-0.25, -0.2) is 19.6 Å². The van der Waals surface area contributed by atoms with E-state index in [0.29, 0.717) is 34.7 Å². The van der Waals surface area contributed by atoms with Crippen LogP contribution >= 0.6 is 22.7 Å². The van der Waals surface area contributed by atoms with E-state index in [0.717, 1.165) is 0 Å². The molecule has 0 radical (unpaired) electrons. The molecule has 0 N–H and O–H groups in total. The number of benzene rings is 1. The molecular weight excluding hydrogens is 428 g/mol. The van der Waals surface area contributed by atoms with Gasteiger partial charge in [0.05, 0.1) is 13.2 Å². The smallest absolute Gasteiger partial charge is 0.357 e. The van der Waals surface area contributed by atoms with Gasteiger partial charge in [0.2, 0.25) is 0 Å². The summed E-state index contributed by atoms with van der Waals surface area (Å²) in [6, 6.07) is 7.22. The van der Waals surface area contributed by atoms with Crippen molar-refractivity contribution >= 4 is 34.6 Å². The molecule has 3 aromatic rings. The molecule has 0 unspecified atom stereocenters. The van der Waals surface area contributed by atoms with Gasteiger partial charge in [-0.1, -0.05) is 12.1 Å². The summed E-state index contributed by atoms with van der Waals surface area (Å²) in [4.78, 5) is 31.9. The number of hydrogen-bond donors (Lipinski definition) is 0. The lowest BCUT2D eigenvalue weighted by atomic mass is 10.3. The summed E-state index contributed by atoms with van der Waals surface area (Å²) in [5.74, 6) is 0.170. The first-order valence-corrected chi connectivity index (χ1v) is 10.9. The zero-order valence-corrected chi connectivity index (χ0v) is 18.1. The molecule has 0 fully saturated rings. The molecule has 0 aliphatic rings. The molecule has 158 valence electrons. The van der Waals surface area contributed by atoms with Crippen LogP contribution in [0.1, 0.15) is 44.8 Å². The van der Waals surface area contributed by atoms with E-state index in [4.69, 9.17) is 18.9 Å². The normalized spacial score (nSPS) is 10.5. The minimum atomic E-state index is -0.450. The van der Waals surface area contributed by atoms with Gasteiger partial charge in [0.1, 0.15) is 23.2 Å². The van der Waals surface area contributed by atoms with E-state index in [2.05, 4.69) is 9.97 Å². The van der Waals surface area contributed by atoms with Crippen molar-refractivity contribution in [2.24, 2.45) is 0 Å². The molecule has 0 bridgehead atoms. The van der Waals surface area contributed by atoms with E-state index in [9.17, 15) is 9.59 Å². The summed E-state index contributed by atoms with van der Waals surface area (Å²) < 4.78 is 21.5. The number of carbonyl (C=O) groups excluding carboxylic acids is 2. The zero-order valence-electron chi connectivity index (χ0n) is 16.5. The fourth-order valence-corrected chi connectivity index (χ4v) is 3.67. The molecule has 0 atom stereocenters. The van der Waals surface area contributed by atoms with Crippen molar-refractivity contribution < 1.29 is 28.5 Å². The van der Waals surface area contributed by atoms with Crippen LogP contribution in [0.3, 0.4) is 0 Å². The monoisotopic (exact) mass is 448 g/mol. The number of rotatable bonds is 10. The van der Waals surface area contributed by atoms with Gasteiger partial charge in [0.15, 0.2) is 22.9 Å². The van der Waals surface area contributed by atoms with Gasteiger partial charge in [-0.2, -0.15) is 0 Å². The first-order valence-electron chi connectivity index (χ1n) is 9.18. The molecule has 8 nitrogen and oxygen atoms in total. The maximum absolute atomic E-state index is 11.7. The number of aromatic nitrogens is 2. The molecule has 0 spiro atoms. The van der Waals surface area contributed by atoms with Crippen LogP contribution in [0.5, 0.6) is 11.5 Å².